The van der Waals surface area contributed by atoms with Gasteiger partial charge in [-0.25, -0.2) is 4.98 Å². The molecule has 1 amide bonds. The van der Waals surface area contributed by atoms with Gasteiger partial charge in [-0.15, -0.1) is 11.3 Å². The summed E-state index contributed by atoms with van der Waals surface area (Å²) in [5.74, 6) is -2.08. The van der Waals surface area contributed by atoms with Crippen LogP contribution in [-0.4, -0.2) is 16.7 Å². The number of carbonyl (C=O) groups excluding carboxylic acids is 2. The number of carbonyl (C=O) groups is 2. The van der Waals surface area contributed by atoms with Crippen molar-refractivity contribution in [1.29, 1.82) is 5.26 Å². The molecule has 128 valence electrons. The van der Waals surface area contributed by atoms with Crippen molar-refractivity contribution in [2.45, 2.75) is 38.5 Å². The first-order valence-electron chi connectivity index (χ1n) is 8.46. The lowest BCUT2D eigenvalue weighted by Crippen LogP contribution is -2.28. The minimum atomic E-state index is -1.36. The summed E-state index contributed by atoms with van der Waals surface area (Å²) in [7, 11) is 0. The maximum atomic E-state index is 12.7. The van der Waals surface area contributed by atoms with Gasteiger partial charge in [0.25, 0.3) is 5.91 Å². The average molecular weight is 353 g/mol. The standard InChI is InChI=1S/C19H19N3O2S/c20-12-14(19(24)22-17-9-5-6-10-21-17)18(23)16-11-13-7-3-1-2-4-8-15(13)25-16/h5-6,9-11,14H,1-4,7-8H2,(H,21,22,24). The van der Waals surface area contributed by atoms with Gasteiger partial charge in [-0.05, 0) is 49.4 Å². The van der Waals surface area contributed by atoms with E-state index in [1.54, 1.807) is 18.2 Å². The van der Waals surface area contributed by atoms with E-state index in [-0.39, 0.29) is 0 Å². The zero-order chi connectivity index (χ0) is 17.6. The molecule has 0 fully saturated rings. The van der Waals surface area contributed by atoms with E-state index < -0.39 is 17.6 Å². The number of nitrogens with one attached hydrogen (secondary N) is 1. The third kappa shape index (κ3) is 4.12. The molecule has 0 radical (unpaired) electrons. The highest BCUT2D eigenvalue weighted by molar-refractivity contribution is 7.14. The minimum absolute atomic E-state index is 0.332. The number of aryl methyl sites for hydroxylation is 2. The Bertz CT molecular complexity index is 782. The first-order chi connectivity index (χ1) is 12.2. The molecule has 3 rings (SSSR count). The maximum Gasteiger partial charge on any atom is 0.250 e. The number of aromatic nitrogens is 1. The second-order valence-corrected chi connectivity index (χ2v) is 7.24. The molecule has 0 aromatic carbocycles. The lowest BCUT2D eigenvalue weighted by molar-refractivity contribution is -0.117. The van der Waals surface area contributed by atoms with Gasteiger partial charge < -0.3 is 5.32 Å². The summed E-state index contributed by atoms with van der Waals surface area (Å²) in [4.78, 5) is 30.8. The number of nitriles is 1. The van der Waals surface area contributed by atoms with Gasteiger partial charge in [-0.3, -0.25) is 9.59 Å². The lowest BCUT2D eigenvalue weighted by Gasteiger charge is -2.07. The predicted octanol–water partition coefficient (Wildman–Crippen LogP) is 3.76. The minimum Gasteiger partial charge on any atom is -0.309 e. The van der Waals surface area contributed by atoms with Crippen LogP contribution in [-0.2, 0) is 17.6 Å². The molecule has 1 unspecified atom stereocenters. The predicted molar refractivity (Wildman–Crippen MR) is 96.5 cm³/mol. The molecule has 2 heterocycles. The van der Waals surface area contributed by atoms with Crippen molar-refractivity contribution in [2.24, 2.45) is 5.92 Å². The van der Waals surface area contributed by atoms with Crippen molar-refractivity contribution < 1.29 is 9.59 Å². The summed E-state index contributed by atoms with van der Waals surface area (Å²) < 4.78 is 0. The largest absolute Gasteiger partial charge is 0.309 e. The molecule has 1 aliphatic carbocycles. The molecule has 6 heteroatoms. The van der Waals surface area contributed by atoms with E-state index in [9.17, 15) is 14.9 Å². The first-order valence-corrected chi connectivity index (χ1v) is 9.28. The number of thiophene rings is 1. The molecule has 1 N–H and O–H groups in total. The van der Waals surface area contributed by atoms with Crippen LogP contribution in [0.25, 0.3) is 0 Å². The molecule has 0 saturated carbocycles. The Morgan fingerprint density at radius 1 is 1.20 bits per heavy atom. The zero-order valence-electron chi connectivity index (χ0n) is 13.8. The Morgan fingerprint density at radius 2 is 2.00 bits per heavy atom. The smallest absolute Gasteiger partial charge is 0.250 e. The van der Waals surface area contributed by atoms with Crippen molar-refractivity contribution in [3.8, 4) is 6.07 Å². The molecule has 0 bridgehead atoms. The number of fused-ring (bicyclic) bond motifs is 1. The molecule has 0 aliphatic heterocycles. The van der Waals surface area contributed by atoms with Crippen LogP contribution in [0.4, 0.5) is 5.82 Å². The number of amides is 1. The fourth-order valence-electron chi connectivity index (χ4n) is 2.98. The van der Waals surface area contributed by atoms with Crippen LogP contribution < -0.4 is 5.32 Å². The van der Waals surface area contributed by atoms with E-state index in [4.69, 9.17) is 0 Å². The van der Waals surface area contributed by atoms with Crippen molar-refractivity contribution >= 4 is 28.8 Å². The van der Waals surface area contributed by atoms with Gasteiger partial charge in [0.2, 0.25) is 0 Å². The van der Waals surface area contributed by atoms with Crippen LogP contribution in [0, 0.1) is 17.2 Å². The van der Waals surface area contributed by atoms with Crippen LogP contribution in [0.5, 0.6) is 0 Å². The molecule has 1 atom stereocenters. The van der Waals surface area contributed by atoms with Gasteiger partial charge in [0.15, 0.2) is 11.7 Å². The van der Waals surface area contributed by atoms with Crippen LogP contribution >= 0.6 is 11.3 Å². The summed E-state index contributed by atoms with van der Waals surface area (Å²) in [6, 6.07) is 8.80. The Morgan fingerprint density at radius 3 is 2.72 bits per heavy atom. The number of rotatable bonds is 4. The number of nitrogens with zero attached hydrogens (tertiary/aromatic N) is 2. The summed E-state index contributed by atoms with van der Waals surface area (Å²) >= 11 is 1.44. The monoisotopic (exact) mass is 353 g/mol. The van der Waals surface area contributed by atoms with E-state index in [0.29, 0.717) is 10.7 Å². The molecular weight excluding hydrogens is 334 g/mol. The van der Waals surface area contributed by atoms with Crippen molar-refractivity contribution in [2.75, 3.05) is 5.32 Å². The van der Waals surface area contributed by atoms with Crippen molar-refractivity contribution in [3.63, 3.8) is 0 Å². The number of hydrogen-bond donors (Lipinski definition) is 1. The van der Waals surface area contributed by atoms with Gasteiger partial charge in [0.05, 0.1) is 10.9 Å². The molecule has 2 aromatic rings. The zero-order valence-corrected chi connectivity index (χ0v) is 14.6. The van der Waals surface area contributed by atoms with Crippen LogP contribution in [0.2, 0.25) is 0 Å². The molecule has 2 aromatic heterocycles. The van der Waals surface area contributed by atoms with E-state index in [2.05, 4.69) is 10.3 Å². The van der Waals surface area contributed by atoms with E-state index in [1.807, 2.05) is 12.1 Å². The van der Waals surface area contributed by atoms with Crippen molar-refractivity contribution in [3.05, 3.63) is 45.8 Å². The van der Waals surface area contributed by atoms with Crippen LogP contribution in [0.3, 0.4) is 0 Å². The summed E-state index contributed by atoms with van der Waals surface area (Å²) in [6.07, 6.45) is 8.17. The third-order valence-electron chi connectivity index (χ3n) is 4.31. The van der Waals surface area contributed by atoms with Gasteiger partial charge in [0.1, 0.15) is 5.82 Å². The molecule has 1 aliphatic rings. The fraction of sp³-hybridized carbons (Fsp3) is 0.368. The number of hydrogen-bond acceptors (Lipinski definition) is 5. The van der Waals surface area contributed by atoms with E-state index >= 15 is 0 Å². The summed E-state index contributed by atoms with van der Waals surface area (Å²) in [5, 5.41) is 11.9. The van der Waals surface area contributed by atoms with Crippen molar-refractivity contribution in [1.82, 2.24) is 4.98 Å². The summed E-state index contributed by atoms with van der Waals surface area (Å²) in [6.45, 7) is 0. The molecular formula is C19H19N3O2S. The average Bonchev–Trinajstić information content (AvgIpc) is 2.98. The van der Waals surface area contributed by atoms with Crippen LogP contribution in [0.15, 0.2) is 30.5 Å². The van der Waals surface area contributed by atoms with Gasteiger partial charge in [0, 0.05) is 11.1 Å². The molecule has 5 nitrogen and oxygen atoms in total. The fourth-order valence-corrected chi connectivity index (χ4v) is 4.20. The Hall–Kier alpha value is -2.52. The maximum absolute atomic E-state index is 12.7. The number of ketones is 1. The summed E-state index contributed by atoms with van der Waals surface area (Å²) in [5.41, 5.74) is 1.20. The SMILES string of the molecule is N#CC(C(=O)Nc1ccccn1)C(=O)c1cc2c(s1)CCCCCC2. The highest BCUT2D eigenvalue weighted by atomic mass is 32.1. The normalized spacial score (nSPS) is 15.2. The topological polar surface area (TPSA) is 82.8 Å². The van der Waals surface area contributed by atoms with E-state index in [1.165, 1.54) is 40.8 Å². The first kappa shape index (κ1) is 17.3. The Balaban J connectivity index is 1.77. The second kappa shape index (κ2) is 8.04. The highest BCUT2D eigenvalue weighted by Gasteiger charge is 2.30. The number of anilines is 1. The quantitative estimate of drug-likeness (QED) is 0.670. The molecule has 0 saturated heterocycles. The third-order valence-corrected chi connectivity index (χ3v) is 5.56. The number of Topliss-reactive ketones (excluding diaryl/α,β-unsaturated/α-hetero) is 1. The van der Waals surface area contributed by atoms with Crippen LogP contribution in [0.1, 0.15) is 45.8 Å². The molecule has 25 heavy (non-hydrogen) atoms. The second-order valence-electron chi connectivity index (χ2n) is 6.10. The molecule has 0 spiro atoms. The van der Waals surface area contributed by atoms with Gasteiger partial charge in [-0.1, -0.05) is 18.9 Å². The Kier molecular flexibility index (Phi) is 5.56. The van der Waals surface area contributed by atoms with E-state index in [0.717, 1.165) is 25.7 Å². The van der Waals surface area contributed by atoms with Gasteiger partial charge >= 0.3 is 0 Å². The number of pyridine rings is 1. The highest BCUT2D eigenvalue weighted by Crippen LogP contribution is 2.30. The lowest BCUT2D eigenvalue weighted by atomic mass is 9.98. The van der Waals surface area contributed by atoms with Gasteiger partial charge in [-0.2, -0.15) is 5.26 Å². The Labute approximate surface area is 150 Å².